The highest BCUT2D eigenvalue weighted by Gasteiger charge is 2.23. The summed E-state index contributed by atoms with van der Waals surface area (Å²) in [6.45, 7) is 1.22. The summed E-state index contributed by atoms with van der Waals surface area (Å²) in [6.07, 6.45) is 3.74. The van der Waals surface area contributed by atoms with E-state index in [2.05, 4.69) is 10.0 Å². The third kappa shape index (κ3) is 5.33. The molecule has 0 unspecified atom stereocenters. The number of amides is 1. The maximum Gasteiger partial charge on any atom is 0.274 e. The normalized spacial score (nSPS) is 14.4. The molecule has 1 fully saturated rings. The number of nitrogens with zero attached hydrogens (tertiary/aromatic N) is 1. The minimum atomic E-state index is -3.59. The molecule has 30 heavy (non-hydrogen) atoms. The molecule has 160 valence electrons. The zero-order valence-electron chi connectivity index (χ0n) is 16.5. The quantitative estimate of drug-likeness (QED) is 0.486. The number of nitro benzene ring substituents is 1. The van der Waals surface area contributed by atoms with Crippen LogP contribution in [0.4, 0.5) is 11.4 Å². The van der Waals surface area contributed by atoms with E-state index in [4.69, 9.17) is 4.74 Å². The lowest BCUT2D eigenvalue weighted by Crippen LogP contribution is -2.32. The average Bonchev–Trinajstić information content (AvgIpc) is 3.20. The van der Waals surface area contributed by atoms with Gasteiger partial charge in [-0.05, 0) is 50.1 Å². The number of anilines is 1. The maximum absolute atomic E-state index is 12.4. The predicted molar refractivity (Wildman–Crippen MR) is 111 cm³/mol. The first-order valence-electron chi connectivity index (χ1n) is 9.55. The maximum atomic E-state index is 12.4. The number of ether oxygens (including phenoxy) is 1. The number of sulfonamides is 1. The number of carbonyl (C=O) groups is 1. The second-order valence-electron chi connectivity index (χ2n) is 7.12. The smallest absolute Gasteiger partial charge is 0.274 e. The Morgan fingerprint density at radius 1 is 1.17 bits per heavy atom. The van der Waals surface area contributed by atoms with Gasteiger partial charge in [0.25, 0.3) is 11.6 Å². The molecule has 0 saturated heterocycles. The van der Waals surface area contributed by atoms with E-state index < -0.39 is 20.9 Å². The zero-order chi connectivity index (χ0) is 21.7. The molecule has 0 radical (unpaired) electrons. The predicted octanol–water partition coefficient (Wildman–Crippen LogP) is 3.14. The van der Waals surface area contributed by atoms with Crippen molar-refractivity contribution in [2.24, 2.45) is 0 Å². The lowest BCUT2D eigenvalue weighted by molar-refractivity contribution is -0.385. The van der Waals surface area contributed by atoms with Crippen LogP contribution in [0.2, 0.25) is 0 Å². The van der Waals surface area contributed by atoms with Crippen molar-refractivity contribution >= 4 is 27.3 Å². The Morgan fingerprint density at radius 2 is 1.83 bits per heavy atom. The molecule has 9 nitrogen and oxygen atoms in total. The van der Waals surface area contributed by atoms with Crippen LogP contribution in [-0.2, 0) is 14.8 Å². The SMILES string of the molecule is Cc1c(NC(=O)COc2ccc(S(=O)(=O)NC3CCCC3)cc2)cccc1[N+](=O)[O-]. The molecular formula is C20H23N3O6S. The summed E-state index contributed by atoms with van der Waals surface area (Å²) in [5, 5.41) is 13.6. The standard InChI is InChI=1S/C20H23N3O6S/c1-14-18(7-4-8-19(14)23(25)26)21-20(24)13-29-16-9-11-17(12-10-16)30(27,28)22-15-5-2-3-6-15/h4,7-12,15,22H,2-3,5-6,13H2,1H3,(H,21,24). The third-order valence-electron chi connectivity index (χ3n) is 4.96. The first kappa shape index (κ1) is 21.7. The largest absolute Gasteiger partial charge is 0.484 e. The highest BCUT2D eigenvalue weighted by Crippen LogP contribution is 2.25. The molecule has 0 heterocycles. The van der Waals surface area contributed by atoms with Crippen LogP contribution in [0, 0.1) is 17.0 Å². The fourth-order valence-electron chi connectivity index (χ4n) is 3.34. The number of rotatable bonds is 8. The Morgan fingerprint density at radius 3 is 2.47 bits per heavy atom. The van der Waals surface area contributed by atoms with E-state index in [0.717, 1.165) is 25.7 Å². The number of hydrogen-bond donors (Lipinski definition) is 2. The Labute approximate surface area is 174 Å². The van der Waals surface area contributed by atoms with Crippen molar-refractivity contribution in [3.8, 4) is 5.75 Å². The molecule has 1 saturated carbocycles. The number of benzene rings is 2. The van der Waals surface area contributed by atoms with Gasteiger partial charge in [0.2, 0.25) is 10.0 Å². The molecule has 10 heteroatoms. The Bertz CT molecular complexity index is 1030. The lowest BCUT2D eigenvalue weighted by Gasteiger charge is -2.13. The molecule has 2 N–H and O–H groups in total. The minimum Gasteiger partial charge on any atom is -0.484 e. The van der Waals surface area contributed by atoms with Crippen molar-refractivity contribution in [2.45, 2.75) is 43.5 Å². The number of nitrogens with one attached hydrogen (secondary N) is 2. The molecule has 0 aromatic heterocycles. The fourth-order valence-corrected chi connectivity index (χ4v) is 4.64. The molecule has 0 atom stereocenters. The van der Waals surface area contributed by atoms with Gasteiger partial charge in [-0.15, -0.1) is 0 Å². The third-order valence-corrected chi connectivity index (χ3v) is 6.49. The van der Waals surface area contributed by atoms with Gasteiger partial charge in [0.15, 0.2) is 6.61 Å². The summed E-state index contributed by atoms with van der Waals surface area (Å²) in [5.74, 6) is -0.154. The van der Waals surface area contributed by atoms with Crippen molar-refractivity contribution in [3.05, 3.63) is 58.1 Å². The molecule has 2 aromatic carbocycles. The molecule has 1 aliphatic carbocycles. The van der Waals surface area contributed by atoms with Crippen molar-refractivity contribution in [1.82, 2.24) is 4.72 Å². The van der Waals surface area contributed by atoms with Gasteiger partial charge in [0.1, 0.15) is 5.75 Å². The highest BCUT2D eigenvalue weighted by atomic mass is 32.2. The summed E-state index contributed by atoms with van der Waals surface area (Å²) < 4.78 is 32.9. The number of carbonyl (C=O) groups excluding carboxylic acids is 1. The van der Waals surface area contributed by atoms with Crippen LogP contribution in [0.1, 0.15) is 31.2 Å². The van der Waals surface area contributed by atoms with Gasteiger partial charge in [0.05, 0.1) is 21.1 Å². The van der Waals surface area contributed by atoms with Crippen LogP contribution in [0.3, 0.4) is 0 Å². The van der Waals surface area contributed by atoms with Crippen LogP contribution in [0.5, 0.6) is 5.75 Å². The van der Waals surface area contributed by atoms with Crippen LogP contribution in [-0.4, -0.2) is 31.9 Å². The molecule has 2 aromatic rings. The Kier molecular flexibility index (Phi) is 6.68. The van der Waals surface area contributed by atoms with E-state index in [1.54, 1.807) is 13.0 Å². The molecule has 0 spiro atoms. The molecule has 0 bridgehead atoms. The molecule has 0 aliphatic heterocycles. The summed E-state index contributed by atoms with van der Waals surface area (Å²) >= 11 is 0. The van der Waals surface area contributed by atoms with Crippen molar-refractivity contribution in [2.75, 3.05) is 11.9 Å². The number of nitro groups is 1. The Hall–Kier alpha value is -2.98. The second-order valence-corrected chi connectivity index (χ2v) is 8.83. The fraction of sp³-hybridized carbons (Fsp3) is 0.350. The minimum absolute atomic E-state index is 0.0214. The summed E-state index contributed by atoms with van der Waals surface area (Å²) in [7, 11) is -3.59. The molecule has 1 amide bonds. The lowest BCUT2D eigenvalue weighted by atomic mass is 10.1. The number of hydrogen-bond acceptors (Lipinski definition) is 6. The zero-order valence-corrected chi connectivity index (χ0v) is 17.3. The van der Waals surface area contributed by atoms with Crippen molar-refractivity contribution < 1.29 is 22.9 Å². The summed E-state index contributed by atoms with van der Waals surface area (Å²) in [6, 6.07) is 10.2. The van der Waals surface area contributed by atoms with Gasteiger partial charge in [-0.2, -0.15) is 0 Å². The van der Waals surface area contributed by atoms with Gasteiger partial charge in [-0.3, -0.25) is 14.9 Å². The van der Waals surface area contributed by atoms with E-state index in [1.165, 1.54) is 36.4 Å². The first-order chi connectivity index (χ1) is 14.3. The first-order valence-corrected chi connectivity index (χ1v) is 11.0. The van der Waals surface area contributed by atoms with E-state index in [-0.39, 0.29) is 23.2 Å². The van der Waals surface area contributed by atoms with E-state index in [0.29, 0.717) is 17.0 Å². The van der Waals surface area contributed by atoms with Crippen molar-refractivity contribution in [1.29, 1.82) is 0 Å². The second kappa shape index (κ2) is 9.23. The van der Waals surface area contributed by atoms with Crippen LogP contribution in [0.25, 0.3) is 0 Å². The molecule has 3 rings (SSSR count). The average molecular weight is 433 g/mol. The van der Waals surface area contributed by atoms with Gasteiger partial charge in [-0.25, -0.2) is 13.1 Å². The van der Waals surface area contributed by atoms with E-state index in [1.807, 2.05) is 0 Å². The molecule has 1 aliphatic rings. The van der Waals surface area contributed by atoms with Gasteiger partial charge < -0.3 is 10.1 Å². The highest BCUT2D eigenvalue weighted by molar-refractivity contribution is 7.89. The monoisotopic (exact) mass is 433 g/mol. The van der Waals surface area contributed by atoms with Crippen LogP contribution >= 0.6 is 0 Å². The van der Waals surface area contributed by atoms with Gasteiger partial charge in [-0.1, -0.05) is 18.9 Å². The van der Waals surface area contributed by atoms with E-state index in [9.17, 15) is 23.3 Å². The Balaban J connectivity index is 1.57. The summed E-state index contributed by atoms with van der Waals surface area (Å²) in [5.41, 5.74) is 0.592. The van der Waals surface area contributed by atoms with E-state index >= 15 is 0 Å². The topological polar surface area (TPSA) is 128 Å². The van der Waals surface area contributed by atoms with Crippen molar-refractivity contribution in [3.63, 3.8) is 0 Å². The van der Waals surface area contributed by atoms with Gasteiger partial charge >= 0.3 is 0 Å². The summed E-state index contributed by atoms with van der Waals surface area (Å²) in [4.78, 5) is 22.7. The van der Waals surface area contributed by atoms with Gasteiger partial charge in [0, 0.05) is 12.1 Å². The van der Waals surface area contributed by atoms with Crippen LogP contribution in [0.15, 0.2) is 47.4 Å². The molecular weight excluding hydrogens is 410 g/mol. The van der Waals surface area contributed by atoms with Crippen LogP contribution < -0.4 is 14.8 Å².